The molecule has 0 bridgehead atoms. The Hall–Kier alpha value is -2.96. The molecule has 0 radical (unpaired) electrons. The first-order chi connectivity index (χ1) is 19.5. The highest BCUT2D eigenvalue weighted by Crippen LogP contribution is 2.30. The second-order valence-electron chi connectivity index (χ2n) is 12.1. The van der Waals surface area contributed by atoms with Crippen molar-refractivity contribution < 1.29 is 0 Å². The van der Waals surface area contributed by atoms with Gasteiger partial charge in [-0.2, -0.15) is 4.98 Å². The van der Waals surface area contributed by atoms with Crippen molar-refractivity contribution in [1.29, 1.82) is 0 Å². The molecule has 2 aliphatic carbocycles. The summed E-state index contributed by atoms with van der Waals surface area (Å²) in [5.74, 6) is 2.67. The number of aromatic nitrogens is 2. The van der Waals surface area contributed by atoms with Crippen molar-refractivity contribution >= 4 is 11.8 Å². The summed E-state index contributed by atoms with van der Waals surface area (Å²) in [6, 6.07) is 22.6. The molecule has 6 heteroatoms. The molecule has 1 heterocycles. The summed E-state index contributed by atoms with van der Waals surface area (Å²) >= 11 is 0. The van der Waals surface area contributed by atoms with E-state index in [1.165, 1.54) is 60.9 Å². The van der Waals surface area contributed by atoms with Crippen LogP contribution in [0.2, 0.25) is 0 Å². The summed E-state index contributed by atoms with van der Waals surface area (Å²) in [4.78, 5) is 14.6. The van der Waals surface area contributed by atoms with Crippen molar-refractivity contribution in [2.75, 3.05) is 37.4 Å². The Morgan fingerprint density at radius 1 is 0.825 bits per heavy atom. The molecule has 3 aromatic rings. The van der Waals surface area contributed by atoms with Crippen LogP contribution in [0.15, 0.2) is 60.7 Å². The SMILES string of the molecule is C[C@@H](CNCC1CCC(Nc2nc3c(c(N(C)C)n2)CCCC3)CC1)N(Cc1ccccc1)Cc1ccccc1. The molecule has 0 saturated heterocycles. The van der Waals surface area contributed by atoms with E-state index >= 15 is 0 Å². The van der Waals surface area contributed by atoms with Crippen molar-refractivity contribution in [3.63, 3.8) is 0 Å². The van der Waals surface area contributed by atoms with E-state index < -0.39 is 0 Å². The first-order valence-corrected chi connectivity index (χ1v) is 15.4. The molecule has 214 valence electrons. The third-order valence-electron chi connectivity index (χ3n) is 8.72. The van der Waals surface area contributed by atoms with E-state index in [1.807, 2.05) is 0 Å². The average Bonchev–Trinajstić information content (AvgIpc) is 2.98. The summed E-state index contributed by atoms with van der Waals surface area (Å²) in [6.45, 7) is 6.40. The van der Waals surface area contributed by atoms with Gasteiger partial charge in [0.2, 0.25) is 5.95 Å². The Labute approximate surface area is 241 Å². The van der Waals surface area contributed by atoms with Gasteiger partial charge in [0, 0.05) is 51.4 Å². The van der Waals surface area contributed by atoms with Gasteiger partial charge in [0.15, 0.2) is 0 Å². The van der Waals surface area contributed by atoms with Gasteiger partial charge < -0.3 is 15.5 Å². The topological polar surface area (TPSA) is 56.3 Å². The summed E-state index contributed by atoms with van der Waals surface area (Å²) in [5.41, 5.74) is 5.36. The number of rotatable bonds is 12. The predicted molar refractivity (Wildman–Crippen MR) is 167 cm³/mol. The lowest BCUT2D eigenvalue weighted by Gasteiger charge is -2.32. The Bertz CT molecular complexity index is 1130. The fraction of sp³-hybridized carbons (Fsp3) is 0.529. The lowest BCUT2D eigenvalue weighted by molar-refractivity contribution is 0.183. The van der Waals surface area contributed by atoms with Gasteiger partial charge in [0.25, 0.3) is 0 Å². The second-order valence-corrected chi connectivity index (χ2v) is 12.1. The van der Waals surface area contributed by atoms with Crippen LogP contribution >= 0.6 is 0 Å². The lowest BCUT2D eigenvalue weighted by atomic mass is 9.86. The maximum Gasteiger partial charge on any atom is 0.225 e. The molecule has 2 N–H and O–H groups in total. The van der Waals surface area contributed by atoms with Crippen molar-refractivity contribution in [2.45, 2.75) is 83.5 Å². The van der Waals surface area contributed by atoms with Crippen molar-refractivity contribution in [2.24, 2.45) is 5.92 Å². The van der Waals surface area contributed by atoms with Crippen LogP contribution in [0.4, 0.5) is 11.8 Å². The van der Waals surface area contributed by atoms with Gasteiger partial charge in [-0.25, -0.2) is 4.98 Å². The lowest BCUT2D eigenvalue weighted by Crippen LogP contribution is -2.41. The minimum absolute atomic E-state index is 0.450. The largest absolute Gasteiger partial charge is 0.362 e. The van der Waals surface area contributed by atoms with E-state index in [1.54, 1.807) is 0 Å². The molecule has 5 rings (SSSR count). The molecule has 1 aromatic heterocycles. The molecule has 0 aliphatic heterocycles. The number of hydrogen-bond acceptors (Lipinski definition) is 6. The summed E-state index contributed by atoms with van der Waals surface area (Å²) in [6.07, 6.45) is 9.56. The summed E-state index contributed by atoms with van der Waals surface area (Å²) in [7, 11) is 4.20. The number of benzene rings is 2. The number of anilines is 2. The zero-order valence-corrected chi connectivity index (χ0v) is 24.8. The van der Waals surface area contributed by atoms with Gasteiger partial charge in [-0.1, -0.05) is 60.7 Å². The fourth-order valence-electron chi connectivity index (χ4n) is 6.33. The molecule has 1 saturated carbocycles. The molecule has 1 fully saturated rings. The van der Waals surface area contributed by atoms with Crippen molar-refractivity contribution in [3.8, 4) is 0 Å². The molecule has 6 nitrogen and oxygen atoms in total. The van der Waals surface area contributed by atoms with Gasteiger partial charge in [0.05, 0.1) is 5.69 Å². The van der Waals surface area contributed by atoms with Gasteiger partial charge in [-0.15, -0.1) is 0 Å². The normalized spacial score (nSPS) is 19.7. The highest BCUT2D eigenvalue weighted by atomic mass is 15.2. The monoisotopic (exact) mass is 540 g/mol. The molecule has 2 aromatic carbocycles. The minimum Gasteiger partial charge on any atom is -0.362 e. The maximum atomic E-state index is 4.95. The number of nitrogens with zero attached hydrogens (tertiary/aromatic N) is 4. The second kappa shape index (κ2) is 14.1. The van der Waals surface area contributed by atoms with E-state index in [4.69, 9.17) is 9.97 Å². The molecule has 0 spiro atoms. The first kappa shape index (κ1) is 28.6. The van der Waals surface area contributed by atoms with Crippen LogP contribution in [0.3, 0.4) is 0 Å². The van der Waals surface area contributed by atoms with Gasteiger partial charge in [0.1, 0.15) is 5.82 Å². The number of hydrogen-bond donors (Lipinski definition) is 2. The van der Waals surface area contributed by atoms with Gasteiger partial charge in [-0.3, -0.25) is 4.90 Å². The fourth-order valence-corrected chi connectivity index (χ4v) is 6.33. The van der Waals surface area contributed by atoms with E-state index in [2.05, 4.69) is 102 Å². The zero-order chi connectivity index (χ0) is 27.7. The molecule has 0 amide bonds. The van der Waals surface area contributed by atoms with Crippen LogP contribution in [-0.4, -0.2) is 54.1 Å². The average molecular weight is 541 g/mol. The Morgan fingerprint density at radius 2 is 1.45 bits per heavy atom. The molecule has 40 heavy (non-hydrogen) atoms. The van der Waals surface area contributed by atoms with E-state index in [0.29, 0.717) is 12.1 Å². The third-order valence-corrected chi connectivity index (χ3v) is 8.72. The number of nitrogens with one attached hydrogen (secondary N) is 2. The Morgan fingerprint density at radius 3 is 2.08 bits per heavy atom. The van der Waals surface area contributed by atoms with Crippen LogP contribution in [0.25, 0.3) is 0 Å². The summed E-state index contributed by atoms with van der Waals surface area (Å²) < 4.78 is 0. The zero-order valence-electron chi connectivity index (χ0n) is 24.8. The van der Waals surface area contributed by atoms with Crippen molar-refractivity contribution in [1.82, 2.24) is 20.2 Å². The third kappa shape index (κ3) is 7.82. The van der Waals surface area contributed by atoms with Crippen LogP contribution < -0.4 is 15.5 Å². The molecule has 2 aliphatic rings. The number of fused-ring (bicyclic) bond motifs is 1. The van der Waals surface area contributed by atoms with Gasteiger partial charge in [-0.05, 0) is 81.9 Å². The summed E-state index contributed by atoms with van der Waals surface area (Å²) in [5, 5.41) is 7.54. The Balaban J connectivity index is 1.09. The van der Waals surface area contributed by atoms with Crippen LogP contribution in [0, 0.1) is 5.92 Å². The van der Waals surface area contributed by atoms with Gasteiger partial charge >= 0.3 is 0 Å². The molecule has 1 atom stereocenters. The van der Waals surface area contributed by atoms with Crippen LogP contribution in [-0.2, 0) is 25.9 Å². The highest BCUT2D eigenvalue weighted by molar-refractivity contribution is 5.52. The quantitative estimate of drug-likeness (QED) is 0.291. The maximum absolute atomic E-state index is 4.95. The van der Waals surface area contributed by atoms with E-state index in [9.17, 15) is 0 Å². The Kier molecular flexibility index (Phi) is 10.1. The molecule has 0 unspecified atom stereocenters. The highest BCUT2D eigenvalue weighted by Gasteiger charge is 2.24. The van der Waals surface area contributed by atoms with Crippen LogP contribution in [0.1, 0.15) is 67.8 Å². The van der Waals surface area contributed by atoms with E-state index in [-0.39, 0.29) is 0 Å². The van der Waals surface area contributed by atoms with Crippen LogP contribution in [0.5, 0.6) is 0 Å². The van der Waals surface area contributed by atoms with E-state index in [0.717, 1.165) is 56.7 Å². The molecular weight excluding hydrogens is 492 g/mol. The predicted octanol–water partition coefficient (Wildman–Crippen LogP) is 6.07. The minimum atomic E-state index is 0.450. The standard InChI is InChI=1S/C34H48N6/c1-26(40(24-28-12-6-4-7-13-28)25-29-14-8-5-9-15-29)22-35-23-27-18-20-30(21-19-27)36-34-37-32-17-11-10-16-31(32)33(38-34)39(2)3/h4-9,12-15,26-27,30,35H,10-11,16-25H2,1-3H3,(H,36,37,38)/t26-,27?,30?/m0/s1. The first-order valence-electron chi connectivity index (χ1n) is 15.4. The smallest absolute Gasteiger partial charge is 0.225 e. The van der Waals surface area contributed by atoms with Crippen molar-refractivity contribution in [3.05, 3.63) is 83.0 Å². The molecular formula is C34H48N6. The number of aryl methyl sites for hydroxylation is 1.